The first-order chi connectivity index (χ1) is 5.72. The topological polar surface area (TPSA) is 32.3 Å². The van der Waals surface area contributed by atoms with Crippen LogP contribution >= 0.6 is 0 Å². The van der Waals surface area contributed by atoms with Crippen molar-refractivity contribution in [1.29, 1.82) is 0 Å². The molecular weight excluding hydrogens is 152 g/mol. The largest absolute Gasteiger partial charge is 0.342 e. The lowest BCUT2D eigenvalue weighted by molar-refractivity contribution is -0.135. The summed E-state index contributed by atoms with van der Waals surface area (Å²) in [4.78, 5) is 12.8. The van der Waals surface area contributed by atoms with Gasteiger partial charge in [-0.05, 0) is 25.3 Å². The molecule has 0 spiro atoms. The quantitative estimate of drug-likeness (QED) is 0.633. The van der Waals surface area contributed by atoms with Crippen LogP contribution in [0.3, 0.4) is 0 Å². The summed E-state index contributed by atoms with van der Waals surface area (Å²) in [6.45, 7) is 3.65. The van der Waals surface area contributed by atoms with Crippen LogP contribution in [0.2, 0.25) is 0 Å². The first-order valence-electron chi connectivity index (χ1n) is 4.65. The van der Waals surface area contributed by atoms with E-state index in [0.29, 0.717) is 0 Å². The number of hydrogen-bond donors (Lipinski definition) is 1. The van der Waals surface area contributed by atoms with E-state index in [-0.39, 0.29) is 5.91 Å². The number of amides is 1. The van der Waals surface area contributed by atoms with Gasteiger partial charge in [0.05, 0.1) is 0 Å². The second kappa shape index (κ2) is 2.73. The lowest BCUT2D eigenvalue weighted by atomic mass is 9.94. The van der Waals surface area contributed by atoms with Crippen LogP contribution in [0.1, 0.15) is 13.3 Å². The zero-order valence-corrected chi connectivity index (χ0v) is 7.71. The number of nitrogens with one attached hydrogen (secondary N) is 1. The standard InChI is InChI=1S/C9H16N2O/c1-6(12)11-4-7(5-11)8-3-9(8)10-2/h7-10H,3-5H2,1-2H3. The van der Waals surface area contributed by atoms with Gasteiger partial charge in [0.25, 0.3) is 0 Å². The van der Waals surface area contributed by atoms with Gasteiger partial charge in [-0.25, -0.2) is 0 Å². The molecule has 1 saturated carbocycles. The summed E-state index contributed by atoms with van der Waals surface area (Å²) in [7, 11) is 2.02. The van der Waals surface area contributed by atoms with E-state index in [9.17, 15) is 4.79 Å². The van der Waals surface area contributed by atoms with Crippen molar-refractivity contribution >= 4 is 5.91 Å². The molecule has 1 N–H and O–H groups in total. The molecule has 1 aliphatic heterocycles. The van der Waals surface area contributed by atoms with Crippen LogP contribution in [0.5, 0.6) is 0 Å². The molecule has 0 bridgehead atoms. The van der Waals surface area contributed by atoms with Gasteiger partial charge in [0.1, 0.15) is 0 Å². The summed E-state index contributed by atoms with van der Waals surface area (Å²) in [6, 6.07) is 0.740. The smallest absolute Gasteiger partial charge is 0.219 e. The van der Waals surface area contributed by atoms with E-state index < -0.39 is 0 Å². The lowest BCUT2D eigenvalue weighted by Gasteiger charge is -2.39. The summed E-state index contributed by atoms with van der Waals surface area (Å²) >= 11 is 0. The summed E-state index contributed by atoms with van der Waals surface area (Å²) in [5.74, 6) is 1.87. The van der Waals surface area contributed by atoms with E-state index in [4.69, 9.17) is 0 Å². The normalized spacial score (nSPS) is 34.7. The average molecular weight is 168 g/mol. The maximum absolute atomic E-state index is 10.9. The number of carbonyl (C=O) groups excluding carboxylic acids is 1. The van der Waals surface area contributed by atoms with Gasteiger partial charge >= 0.3 is 0 Å². The van der Waals surface area contributed by atoms with Gasteiger partial charge in [0.15, 0.2) is 0 Å². The fourth-order valence-electron chi connectivity index (χ4n) is 2.11. The maximum Gasteiger partial charge on any atom is 0.219 e. The van der Waals surface area contributed by atoms with E-state index in [1.807, 2.05) is 11.9 Å². The minimum atomic E-state index is 0.230. The Balaban J connectivity index is 1.73. The highest BCUT2D eigenvalue weighted by Gasteiger charge is 2.47. The highest BCUT2D eigenvalue weighted by molar-refractivity contribution is 5.74. The van der Waals surface area contributed by atoms with Crippen molar-refractivity contribution in [2.24, 2.45) is 11.8 Å². The number of rotatable bonds is 2. The first-order valence-corrected chi connectivity index (χ1v) is 4.65. The van der Waals surface area contributed by atoms with E-state index in [1.54, 1.807) is 6.92 Å². The molecule has 0 aromatic heterocycles. The Kier molecular flexibility index (Phi) is 1.83. The summed E-state index contributed by atoms with van der Waals surface area (Å²) in [6.07, 6.45) is 1.31. The van der Waals surface area contributed by atoms with Crippen molar-refractivity contribution in [2.45, 2.75) is 19.4 Å². The molecule has 2 atom stereocenters. The predicted molar refractivity (Wildman–Crippen MR) is 46.7 cm³/mol. The van der Waals surface area contributed by atoms with Crippen molar-refractivity contribution in [1.82, 2.24) is 10.2 Å². The SMILES string of the molecule is CNC1CC1C1CN(C(C)=O)C1. The lowest BCUT2D eigenvalue weighted by Crippen LogP contribution is -2.50. The minimum absolute atomic E-state index is 0.230. The van der Waals surface area contributed by atoms with Gasteiger partial charge < -0.3 is 10.2 Å². The number of likely N-dealkylation sites (tertiary alicyclic amines) is 1. The van der Waals surface area contributed by atoms with E-state index in [2.05, 4.69) is 5.32 Å². The molecule has 1 amide bonds. The average Bonchev–Trinajstić information content (AvgIpc) is 2.63. The third-order valence-corrected chi connectivity index (χ3v) is 3.17. The number of carbonyl (C=O) groups is 1. The fourth-order valence-corrected chi connectivity index (χ4v) is 2.11. The Labute approximate surface area is 73.1 Å². The molecule has 0 aromatic rings. The second-order valence-electron chi connectivity index (χ2n) is 3.98. The van der Waals surface area contributed by atoms with Crippen molar-refractivity contribution in [3.63, 3.8) is 0 Å². The van der Waals surface area contributed by atoms with E-state index >= 15 is 0 Å². The van der Waals surface area contributed by atoms with Gasteiger partial charge in [-0.15, -0.1) is 0 Å². The molecule has 3 heteroatoms. The Morgan fingerprint density at radius 2 is 2.17 bits per heavy atom. The zero-order chi connectivity index (χ0) is 8.72. The molecule has 1 heterocycles. The summed E-state index contributed by atoms with van der Waals surface area (Å²) in [5.41, 5.74) is 0. The third-order valence-electron chi connectivity index (χ3n) is 3.17. The van der Waals surface area contributed by atoms with Crippen molar-refractivity contribution in [2.75, 3.05) is 20.1 Å². The van der Waals surface area contributed by atoms with Crippen LogP contribution in [0.25, 0.3) is 0 Å². The summed E-state index contributed by atoms with van der Waals surface area (Å²) < 4.78 is 0. The van der Waals surface area contributed by atoms with Crippen LogP contribution in [0.4, 0.5) is 0 Å². The zero-order valence-electron chi connectivity index (χ0n) is 7.71. The second-order valence-corrected chi connectivity index (χ2v) is 3.98. The Morgan fingerprint density at radius 1 is 1.50 bits per heavy atom. The van der Waals surface area contributed by atoms with Gasteiger partial charge in [0.2, 0.25) is 5.91 Å². The number of nitrogens with zero attached hydrogens (tertiary/aromatic N) is 1. The molecule has 2 rings (SSSR count). The Morgan fingerprint density at radius 3 is 2.58 bits per heavy atom. The van der Waals surface area contributed by atoms with Crippen molar-refractivity contribution < 1.29 is 4.79 Å². The molecule has 2 fully saturated rings. The fraction of sp³-hybridized carbons (Fsp3) is 0.889. The van der Waals surface area contributed by atoms with Gasteiger partial charge in [-0.3, -0.25) is 4.79 Å². The molecule has 0 radical (unpaired) electrons. The molecule has 1 aliphatic carbocycles. The van der Waals surface area contributed by atoms with E-state index in [0.717, 1.165) is 31.0 Å². The minimum Gasteiger partial charge on any atom is -0.342 e. The molecule has 12 heavy (non-hydrogen) atoms. The molecular formula is C9H16N2O. The molecule has 2 aliphatic rings. The summed E-state index contributed by atoms with van der Waals surface area (Å²) in [5, 5.41) is 3.28. The third kappa shape index (κ3) is 1.22. The van der Waals surface area contributed by atoms with Gasteiger partial charge in [-0.2, -0.15) is 0 Å². The monoisotopic (exact) mass is 168 g/mol. The number of hydrogen-bond acceptors (Lipinski definition) is 2. The van der Waals surface area contributed by atoms with Crippen LogP contribution in [0.15, 0.2) is 0 Å². The molecule has 0 aromatic carbocycles. The Hall–Kier alpha value is -0.570. The molecule has 68 valence electrons. The highest BCUT2D eigenvalue weighted by Crippen LogP contribution is 2.41. The molecule has 1 saturated heterocycles. The van der Waals surface area contributed by atoms with Crippen LogP contribution < -0.4 is 5.32 Å². The van der Waals surface area contributed by atoms with Crippen molar-refractivity contribution in [3.8, 4) is 0 Å². The van der Waals surface area contributed by atoms with Gasteiger partial charge in [-0.1, -0.05) is 0 Å². The Bertz CT molecular complexity index is 199. The first kappa shape index (κ1) is 8.05. The van der Waals surface area contributed by atoms with E-state index in [1.165, 1.54) is 6.42 Å². The van der Waals surface area contributed by atoms with Crippen LogP contribution in [0, 0.1) is 11.8 Å². The van der Waals surface area contributed by atoms with Gasteiger partial charge in [0, 0.05) is 26.1 Å². The highest BCUT2D eigenvalue weighted by atomic mass is 16.2. The van der Waals surface area contributed by atoms with Crippen LogP contribution in [-0.2, 0) is 4.79 Å². The van der Waals surface area contributed by atoms with Crippen molar-refractivity contribution in [3.05, 3.63) is 0 Å². The molecule has 3 nitrogen and oxygen atoms in total. The predicted octanol–water partition coefficient (Wildman–Crippen LogP) is 0.0726. The van der Waals surface area contributed by atoms with Crippen LogP contribution in [-0.4, -0.2) is 37.0 Å². The maximum atomic E-state index is 10.9. The molecule has 2 unspecified atom stereocenters.